The lowest BCUT2D eigenvalue weighted by Gasteiger charge is -2.11. The van der Waals surface area contributed by atoms with Crippen LogP contribution in [-0.2, 0) is 23.1 Å². The highest BCUT2D eigenvalue weighted by atomic mass is 32.2. The third-order valence-corrected chi connectivity index (χ3v) is 6.22. The highest BCUT2D eigenvalue weighted by molar-refractivity contribution is 7.91. The zero-order valence-corrected chi connectivity index (χ0v) is 13.8. The molecule has 0 aliphatic rings. The van der Waals surface area contributed by atoms with Gasteiger partial charge in [-0.1, -0.05) is 24.3 Å². The van der Waals surface area contributed by atoms with E-state index in [1.54, 1.807) is 41.9 Å². The molecule has 0 aliphatic carbocycles. The lowest BCUT2D eigenvalue weighted by Crippen LogP contribution is -2.24. The first-order chi connectivity index (χ1) is 11.1. The Morgan fingerprint density at radius 3 is 2.65 bits per heavy atom. The maximum atomic E-state index is 13.8. The summed E-state index contributed by atoms with van der Waals surface area (Å²) >= 11 is 1.17. The fourth-order valence-electron chi connectivity index (χ4n) is 2.23. The van der Waals surface area contributed by atoms with Gasteiger partial charge in [0.15, 0.2) is 0 Å². The Morgan fingerprint density at radius 1 is 1.09 bits per heavy atom. The van der Waals surface area contributed by atoms with Gasteiger partial charge in [0.2, 0.25) is 10.0 Å². The molecule has 0 radical (unpaired) electrons. The van der Waals surface area contributed by atoms with E-state index in [4.69, 9.17) is 0 Å². The fraction of sp³-hybridized carbons (Fsp3) is 0.125. The minimum absolute atomic E-state index is 0.154. The minimum atomic E-state index is -3.51. The third kappa shape index (κ3) is 3.69. The molecule has 0 spiro atoms. The van der Waals surface area contributed by atoms with Crippen LogP contribution in [0, 0.1) is 5.82 Å². The van der Waals surface area contributed by atoms with Crippen molar-refractivity contribution in [1.82, 2.24) is 9.29 Å². The van der Waals surface area contributed by atoms with Crippen LogP contribution in [-0.4, -0.2) is 13.0 Å². The van der Waals surface area contributed by atoms with Gasteiger partial charge < -0.3 is 4.57 Å². The van der Waals surface area contributed by atoms with Gasteiger partial charge in [-0.2, -0.15) is 0 Å². The van der Waals surface area contributed by atoms with Gasteiger partial charge in [-0.25, -0.2) is 17.5 Å². The lowest BCUT2D eigenvalue weighted by molar-refractivity contribution is 0.576. The molecule has 0 aliphatic heterocycles. The molecule has 120 valence electrons. The summed E-state index contributed by atoms with van der Waals surface area (Å²) in [5.74, 6) is -0.272. The molecule has 0 fully saturated rings. The van der Waals surface area contributed by atoms with Crippen molar-refractivity contribution in [2.75, 3.05) is 0 Å². The molecule has 0 saturated carbocycles. The van der Waals surface area contributed by atoms with Crippen molar-refractivity contribution in [3.63, 3.8) is 0 Å². The Hall–Kier alpha value is -1.96. The summed E-state index contributed by atoms with van der Waals surface area (Å²) in [6, 6.07) is 13.4. The Balaban J connectivity index is 1.73. The van der Waals surface area contributed by atoms with Crippen LogP contribution in [0.15, 0.2) is 64.3 Å². The van der Waals surface area contributed by atoms with Gasteiger partial charge in [-0.15, -0.1) is 11.3 Å². The standard InChI is InChI=1S/C16H15FN2O2S2/c17-15-7-2-1-5-13(15)12-19-9-3-6-14(19)11-18-23(20,21)16-8-4-10-22-16/h1-10,18H,11-12H2. The van der Waals surface area contributed by atoms with E-state index >= 15 is 0 Å². The van der Waals surface area contributed by atoms with E-state index in [0.29, 0.717) is 12.1 Å². The third-order valence-electron chi connectivity index (χ3n) is 3.43. The average molecular weight is 350 g/mol. The number of benzene rings is 1. The molecule has 0 saturated heterocycles. The number of hydrogen-bond acceptors (Lipinski definition) is 3. The molecule has 0 atom stereocenters. The van der Waals surface area contributed by atoms with Crippen LogP contribution in [0.1, 0.15) is 11.3 Å². The van der Waals surface area contributed by atoms with E-state index in [0.717, 1.165) is 5.69 Å². The maximum Gasteiger partial charge on any atom is 0.250 e. The molecule has 3 aromatic rings. The van der Waals surface area contributed by atoms with Crippen molar-refractivity contribution in [2.45, 2.75) is 17.3 Å². The SMILES string of the molecule is O=S(=O)(NCc1cccn1Cc1ccccc1F)c1cccs1. The molecule has 2 aromatic heterocycles. The normalized spacial score (nSPS) is 11.7. The maximum absolute atomic E-state index is 13.8. The predicted octanol–water partition coefficient (Wildman–Crippen LogP) is 3.22. The van der Waals surface area contributed by atoms with Crippen LogP contribution in [0.3, 0.4) is 0 Å². The number of sulfonamides is 1. The van der Waals surface area contributed by atoms with Crippen LogP contribution in [0.2, 0.25) is 0 Å². The molecule has 0 unspecified atom stereocenters. The summed E-state index contributed by atoms with van der Waals surface area (Å²) in [6.07, 6.45) is 1.81. The Labute approximate surface area is 138 Å². The number of aromatic nitrogens is 1. The molecule has 23 heavy (non-hydrogen) atoms. The van der Waals surface area contributed by atoms with Gasteiger partial charge in [-0.3, -0.25) is 0 Å². The van der Waals surface area contributed by atoms with Crippen LogP contribution in [0.25, 0.3) is 0 Å². The summed E-state index contributed by atoms with van der Waals surface area (Å²) in [6.45, 7) is 0.511. The molecule has 0 bridgehead atoms. The first-order valence-electron chi connectivity index (χ1n) is 6.97. The highest BCUT2D eigenvalue weighted by Gasteiger charge is 2.15. The van der Waals surface area contributed by atoms with Crippen molar-refractivity contribution >= 4 is 21.4 Å². The minimum Gasteiger partial charge on any atom is -0.346 e. The van der Waals surface area contributed by atoms with Gasteiger partial charge in [0.25, 0.3) is 0 Å². The molecule has 1 N–H and O–H groups in total. The molecular formula is C16H15FN2O2S2. The monoisotopic (exact) mass is 350 g/mol. The summed E-state index contributed by atoms with van der Waals surface area (Å²) in [7, 11) is -3.51. The van der Waals surface area contributed by atoms with Crippen molar-refractivity contribution in [3.8, 4) is 0 Å². The van der Waals surface area contributed by atoms with Crippen LogP contribution >= 0.6 is 11.3 Å². The first kappa shape index (κ1) is 15.9. The Bertz CT molecular complexity index is 886. The van der Waals surface area contributed by atoms with E-state index in [2.05, 4.69) is 4.72 Å². The summed E-state index contributed by atoms with van der Waals surface area (Å²) in [4.78, 5) is 0. The van der Waals surface area contributed by atoms with E-state index in [1.807, 2.05) is 16.7 Å². The number of nitrogens with one attached hydrogen (secondary N) is 1. The highest BCUT2D eigenvalue weighted by Crippen LogP contribution is 2.16. The zero-order valence-electron chi connectivity index (χ0n) is 12.1. The van der Waals surface area contributed by atoms with Gasteiger partial charge in [-0.05, 0) is 29.6 Å². The Kier molecular flexibility index (Phi) is 4.61. The van der Waals surface area contributed by atoms with Gasteiger partial charge in [0.1, 0.15) is 10.0 Å². The van der Waals surface area contributed by atoms with Crippen molar-refractivity contribution < 1.29 is 12.8 Å². The summed E-state index contributed by atoms with van der Waals surface area (Å²) < 4.78 is 42.7. The van der Waals surface area contributed by atoms with Crippen molar-refractivity contribution in [2.24, 2.45) is 0 Å². The number of rotatable bonds is 6. The second-order valence-electron chi connectivity index (χ2n) is 4.98. The summed E-state index contributed by atoms with van der Waals surface area (Å²) in [5.41, 5.74) is 1.33. The number of hydrogen-bond donors (Lipinski definition) is 1. The second kappa shape index (κ2) is 6.66. The van der Waals surface area contributed by atoms with E-state index in [-0.39, 0.29) is 16.6 Å². The largest absolute Gasteiger partial charge is 0.346 e. The number of halogens is 1. The molecule has 1 aromatic carbocycles. The number of thiophene rings is 1. The quantitative estimate of drug-likeness (QED) is 0.742. The van der Waals surface area contributed by atoms with Crippen molar-refractivity contribution in [3.05, 3.63) is 77.2 Å². The number of nitrogens with zero attached hydrogens (tertiary/aromatic N) is 1. The van der Waals surface area contributed by atoms with E-state index < -0.39 is 10.0 Å². The zero-order chi connectivity index (χ0) is 16.3. The van der Waals surface area contributed by atoms with Gasteiger partial charge in [0.05, 0.1) is 13.1 Å². The molecular weight excluding hydrogens is 335 g/mol. The second-order valence-corrected chi connectivity index (χ2v) is 7.92. The van der Waals surface area contributed by atoms with Gasteiger partial charge >= 0.3 is 0 Å². The fourth-order valence-corrected chi connectivity index (χ4v) is 4.27. The van der Waals surface area contributed by atoms with Crippen LogP contribution in [0.4, 0.5) is 4.39 Å². The predicted molar refractivity (Wildman–Crippen MR) is 88.3 cm³/mol. The van der Waals surface area contributed by atoms with Crippen LogP contribution in [0.5, 0.6) is 0 Å². The topological polar surface area (TPSA) is 51.1 Å². The molecule has 3 rings (SSSR count). The average Bonchev–Trinajstić information content (AvgIpc) is 3.19. The van der Waals surface area contributed by atoms with Gasteiger partial charge in [0, 0.05) is 17.5 Å². The molecule has 4 nitrogen and oxygen atoms in total. The Morgan fingerprint density at radius 2 is 1.91 bits per heavy atom. The molecule has 7 heteroatoms. The smallest absolute Gasteiger partial charge is 0.250 e. The van der Waals surface area contributed by atoms with E-state index in [1.165, 1.54) is 17.4 Å². The molecule has 2 heterocycles. The lowest BCUT2D eigenvalue weighted by atomic mass is 10.2. The van der Waals surface area contributed by atoms with Crippen LogP contribution < -0.4 is 4.72 Å². The first-order valence-corrected chi connectivity index (χ1v) is 9.33. The van der Waals surface area contributed by atoms with E-state index in [9.17, 15) is 12.8 Å². The summed E-state index contributed by atoms with van der Waals surface area (Å²) in [5, 5.41) is 1.72. The molecule has 0 amide bonds. The van der Waals surface area contributed by atoms with Crippen molar-refractivity contribution in [1.29, 1.82) is 0 Å².